The average molecular weight is 444 g/mol. The molecule has 1 heterocycles. The third-order valence-electron chi connectivity index (χ3n) is 5.17. The largest absolute Gasteiger partial charge is 0.504 e. The van der Waals surface area contributed by atoms with E-state index in [-0.39, 0.29) is 29.4 Å². The molecular formula is C27H24O6. The second-order valence-electron chi connectivity index (χ2n) is 7.44. The van der Waals surface area contributed by atoms with E-state index in [0.717, 1.165) is 11.1 Å². The maximum atomic E-state index is 12.3. The van der Waals surface area contributed by atoms with Crippen LogP contribution in [0.25, 0.3) is 11.3 Å². The Labute approximate surface area is 191 Å². The van der Waals surface area contributed by atoms with Gasteiger partial charge in [0.05, 0.1) is 12.7 Å². The van der Waals surface area contributed by atoms with Gasteiger partial charge in [-0.1, -0.05) is 60.7 Å². The van der Waals surface area contributed by atoms with Crippen LogP contribution in [0.3, 0.4) is 0 Å². The highest BCUT2D eigenvalue weighted by Crippen LogP contribution is 2.41. The van der Waals surface area contributed by atoms with Gasteiger partial charge in [0, 0.05) is 5.56 Å². The molecular weight excluding hydrogens is 420 g/mol. The third-order valence-corrected chi connectivity index (χ3v) is 5.17. The number of hydrogen-bond donors (Lipinski definition) is 1. The maximum absolute atomic E-state index is 12.3. The van der Waals surface area contributed by atoms with Crippen LogP contribution in [0, 0.1) is 6.92 Å². The molecule has 0 aliphatic rings. The van der Waals surface area contributed by atoms with Crippen molar-refractivity contribution in [3.05, 3.63) is 106 Å². The minimum Gasteiger partial charge on any atom is -0.504 e. The Bertz CT molecular complexity index is 1280. The van der Waals surface area contributed by atoms with Crippen molar-refractivity contribution in [2.75, 3.05) is 7.11 Å². The van der Waals surface area contributed by atoms with Gasteiger partial charge in [0.15, 0.2) is 23.0 Å². The third kappa shape index (κ3) is 5.01. The zero-order valence-electron chi connectivity index (χ0n) is 18.4. The first-order valence-corrected chi connectivity index (χ1v) is 10.5. The molecule has 0 radical (unpaired) electrons. The Morgan fingerprint density at radius 3 is 2.03 bits per heavy atom. The summed E-state index contributed by atoms with van der Waals surface area (Å²) in [6, 6.07) is 24.4. The molecule has 0 aliphatic carbocycles. The van der Waals surface area contributed by atoms with E-state index in [1.165, 1.54) is 14.0 Å². The first-order chi connectivity index (χ1) is 16.1. The molecule has 0 spiro atoms. The summed E-state index contributed by atoms with van der Waals surface area (Å²) in [5.74, 6) is 0.958. The van der Waals surface area contributed by atoms with Gasteiger partial charge in [0.25, 0.3) is 0 Å². The topological polar surface area (TPSA) is 78.1 Å². The Hall–Kier alpha value is -4.19. The SMILES string of the molecule is COc1cc(-c2oc(=O)c(C)c(O)c2OCc2ccccc2)ccc1OCc1ccccc1. The van der Waals surface area contributed by atoms with E-state index in [1.54, 1.807) is 18.2 Å². The molecule has 33 heavy (non-hydrogen) atoms. The molecule has 6 nitrogen and oxygen atoms in total. The molecule has 0 amide bonds. The van der Waals surface area contributed by atoms with E-state index in [1.807, 2.05) is 60.7 Å². The van der Waals surface area contributed by atoms with Gasteiger partial charge < -0.3 is 23.7 Å². The van der Waals surface area contributed by atoms with Crippen molar-refractivity contribution in [2.45, 2.75) is 20.1 Å². The van der Waals surface area contributed by atoms with Crippen molar-refractivity contribution < 1.29 is 23.7 Å². The maximum Gasteiger partial charge on any atom is 0.343 e. The fourth-order valence-corrected chi connectivity index (χ4v) is 3.31. The average Bonchev–Trinajstić information content (AvgIpc) is 2.86. The van der Waals surface area contributed by atoms with Crippen molar-refractivity contribution in [1.29, 1.82) is 0 Å². The van der Waals surface area contributed by atoms with Crippen LogP contribution in [0.15, 0.2) is 88.1 Å². The minimum absolute atomic E-state index is 0.0802. The molecule has 3 aromatic carbocycles. The number of benzene rings is 3. The zero-order valence-corrected chi connectivity index (χ0v) is 18.4. The second-order valence-corrected chi connectivity index (χ2v) is 7.44. The first-order valence-electron chi connectivity index (χ1n) is 10.5. The molecule has 0 saturated heterocycles. The normalized spacial score (nSPS) is 10.6. The van der Waals surface area contributed by atoms with Crippen LogP contribution in [0.5, 0.6) is 23.0 Å². The van der Waals surface area contributed by atoms with Crippen molar-refractivity contribution in [3.63, 3.8) is 0 Å². The summed E-state index contributed by atoms with van der Waals surface area (Å²) in [5, 5.41) is 10.6. The summed E-state index contributed by atoms with van der Waals surface area (Å²) in [5.41, 5.74) is 1.88. The number of ether oxygens (including phenoxy) is 3. The van der Waals surface area contributed by atoms with Crippen LogP contribution < -0.4 is 19.8 Å². The number of hydrogen-bond acceptors (Lipinski definition) is 6. The molecule has 6 heteroatoms. The van der Waals surface area contributed by atoms with Gasteiger partial charge in [-0.25, -0.2) is 4.79 Å². The van der Waals surface area contributed by atoms with E-state index in [0.29, 0.717) is 23.7 Å². The fourth-order valence-electron chi connectivity index (χ4n) is 3.31. The predicted molar refractivity (Wildman–Crippen MR) is 125 cm³/mol. The molecule has 0 saturated carbocycles. The molecule has 1 N–H and O–H groups in total. The second kappa shape index (κ2) is 9.96. The summed E-state index contributed by atoms with van der Waals surface area (Å²) >= 11 is 0. The fraction of sp³-hybridized carbons (Fsp3) is 0.148. The van der Waals surface area contributed by atoms with E-state index in [9.17, 15) is 9.90 Å². The molecule has 4 aromatic rings. The van der Waals surface area contributed by atoms with Gasteiger partial charge in [-0.2, -0.15) is 0 Å². The van der Waals surface area contributed by atoms with Gasteiger partial charge in [0.1, 0.15) is 13.2 Å². The van der Waals surface area contributed by atoms with E-state index in [4.69, 9.17) is 18.6 Å². The summed E-state index contributed by atoms with van der Waals surface area (Å²) in [4.78, 5) is 12.3. The quantitative estimate of drug-likeness (QED) is 0.387. The molecule has 4 rings (SSSR count). The molecule has 0 fully saturated rings. The van der Waals surface area contributed by atoms with Crippen LogP contribution in [0.4, 0.5) is 0 Å². The Balaban J connectivity index is 1.66. The molecule has 0 atom stereocenters. The van der Waals surface area contributed by atoms with Crippen LogP contribution in [0.1, 0.15) is 16.7 Å². The molecule has 0 unspecified atom stereocenters. The van der Waals surface area contributed by atoms with Crippen LogP contribution in [-0.2, 0) is 13.2 Å². The first kappa shape index (κ1) is 22.0. The molecule has 168 valence electrons. The Kier molecular flexibility index (Phi) is 6.64. The van der Waals surface area contributed by atoms with Crippen molar-refractivity contribution in [1.82, 2.24) is 0 Å². The zero-order chi connectivity index (χ0) is 23.2. The Morgan fingerprint density at radius 2 is 1.42 bits per heavy atom. The lowest BCUT2D eigenvalue weighted by Crippen LogP contribution is -2.07. The van der Waals surface area contributed by atoms with Crippen LogP contribution >= 0.6 is 0 Å². The number of aromatic hydroxyl groups is 1. The number of methoxy groups -OCH3 is 1. The van der Waals surface area contributed by atoms with Gasteiger partial charge in [0.2, 0.25) is 5.75 Å². The van der Waals surface area contributed by atoms with Crippen molar-refractivity contribution >= 4 is 0 Å². The lowest BCUT2D eigenvalue weighted by Gasteiger charge is -2.15. The van der Waals surface area contributed by atoms with E-state index >= 15 is 0 Å². The highest BCUT2D eigenvalue weighted by Gasteiger charge is 2.21. The minimum atomic E-state index is -0.641. The molecule has 0 aliphatic heterocycles. The van der Waals surface area contributed by atoms with Gasteiger partial charge in [-0.05, 0) is 36.2 Å². The van der Waals surface area contributed by atoms with Crippen molar-refractivity contribution in [2.24, 2.45) is 0 Å². The highest BCUT2D eigenvalue weighted by molar-refractivity contribution is 5.71. The van der Waals surface area contributed by atoms with Crippen LogP contribution in [0.2, 0.25) is 0 Å². The lowest BCUT2D eigenvalue weighted by molar-refractivity contribution is 0.276. The monoisotopic (exact) mass is 444 g/mol. The number of rotatable bonds is 8. The summed E-state index contributed by atoms with van der Waals surface area (Å²) in [6.07, 6.45) is 0. The van der Waals surface area contributed by atoms with Crippen molar-refractivity contribution in [3.8, 4) is 34.3 Å². The van der Waals surface area contributed by atoms with E-state index in [2.05, 4.69) is 0 Å². The predicted octanol–water partition coefficient (Wildman–Crippen LogP) is 5.49. The Morgan fingerprint density at radius 1 is 0.818 bits per heavy atom. The smallest absolute Gasteiger partial charge is 0.343 e. The highest BCUT2D eigenvalue weighted by atomic mass is 16.5. The van der Waals surface area contributed by atoms with Crippen LogP contribution in [-0.4, -0.2) is 12.2 Å². The lowest BCUT2D eigenvalue weighted by atomic mass is 10.1. The van der Waals surface area contributed by atoms with Gasteiger partial charge in [-0.3, -0.25) is 0 Å². The van der Waals surface area contributed by atoms with E-state index < -0.39 is 5.63 Å². The standard InChI is InChI=1S/C27H24O6/c1-18-24(28)26(32-17-20-11-7-4-8-12-20)25(33-27(18)29)21-13-14-22(23(15-21)30-2)31-16-19-9-5-3-6-10-19/h3-15,28H,16-17H2,1-2H3. The summed E-state index contributed by atoms with van der Waals surface area (Å²) in [6.45, 7) is 2.06. The molecule has 0 bridgehead atoms. The summed E-state index contributed by atoms with van der Waals surface area (Å²) in [7, 11) is 1.53. The van der Waals surface area contributed by atoms with Gasteiger partial charge >= 0.3 is 5.63 Å². The molecule has 1 aromatic heterocycles. The van der Waals surface area contributed by atoms with Gasteiger partial charge in [-0.15, -0.1) is 0 Å². The summed E-state index contributed by atoms with van der Waals surface area (Å²) < 4.78 is 22.8.